The molecule has 3 nitrogen and oxygen atoms in total. The summed E-state index contributed by atoms with van der Waals surface area (Å²) in [5.41, 5.74) is 11.0. The standard InChI is InChI=1S/C9H16N2O/c10-8(12)5-9(11)4-6-2-1-3-7(6)9/h6-7H,1-5,11H2,(H2,10,12). The summed E-state index contributed by atoms with van der Waals surface area (Å²) in [4.78, 5) is 10.7. The van der Waals surface area contributed by atoms with Crippen LogP contribution in [-0.2, 0) is 4.79 Å². The topological polar surface area (TPSA) is 69.1 Å². The molecule has 2 aliphatic rings. The zero-order valence-electron chi connectivity index (χ0n) is 7.25. The van der Waals surface area contributed by atoms with Crippen LogP contribution in [0.5, 0.6) is 0 Å². The predicted octanol–water partition coefficient (Wildman–Crippen LogP) is 0.379. The third-order valence-electron chi connectivity index (χ3n) is 3.54. The summed E-state index contributed by atoms with van der Waals surface area (Å²) in [5, 5.41) is 0. The number of carbonyl (C=O) groups excluding carboxylic acids is 1. The average molecular weight is 168 g/mol. The number of primary amides is 1. The van der Waals surface area contributed by atoms with Crippen molar-refractivity contribution in [2.75, 3.05) is 0 Å². The van der Waals surface area contributed by atoms with E-state index < -0.39 is 0 Å². The normalized spacial score (nSPS) is 45.1. The van der Waals surface area contributed by atoms with Crippen LogP contribution in [0.15, 0.2) is 0 Å². The molecule has 3 atom stereocenters. The van der Waals surface area contributed by atoms with Crippen molar-refractivity contribution in [1.82, 2.24) is 0 Å². The lowest BCUT2D eigenvalue weighted by atomic mass is 9.59. The number of nitrogens with two attached hydrogens (primary N) is 2. The van der Waals surface area contributed by atoms with Gasteiger partial charge in [0, 0.05) is 12.0 Å². The van der Waals surface area contributed by atoms with Gasteiger partial charge in [0.2, 0.25) is 5.91 Å². The van der Waals surface area contributed by atoms with E-state index in [0.29, 0.717) is 12.3 Å². The van der Waals surface area contributed by atoms with Crippen LogP contribution in [0, 0.1) is 11.8 Å². The second-order valence-electron chi connectivity index (χ2n) is 4.38. The van der Waals surface area contributed by atoms with Crippen LogP contribution in [0.3, 0.4) is 0 Å². The lowest BCUT2D eigenvalue weighted by Gasteiger charge is -2.49. The molecular formula is C9H16N2O. The second-order valence-corrected chi connectivity index (χ2v) is 4.38. The lowest BCUT2D eigenvalue weighted by molar-refractivity contribution is -0.121. The van der Waals surface area contributed by atoms with E-state index in [9.17, 15) is 4.79 Å². The summed E-state index contributed by atoms with van der Waals surface area (Å²) in [5.74, 6) is 1.14. The summed E-state index contributed by atoms with van der Waals surface area (Å²) in [6.45, 7) is 0. The van der Waals surface area contributed by atoms with Gasteiger partial charge in [-0.3, -0.25) is 4.79 Å². The summed E-state index contributed by atoms with van der Waals surface area (Å²) in [6, 6.07) is 0. The molecule has 2 rings (SSSR count). The predicted molar refractivity (Wildman–Crippen MR) is 46.2 cm³/mol. The average Bonchev–Trinajstić information content (AvgIpc) is 2.29. The maximum Gasteiger partial charge on any atom is 0.219 e. The Kier molecular flexibility index (Phi) is 1.65. The van der Waals surface area contributed by atoms with Crippen LogP contribution in [0.4, 0.5) is 0 Å². The quantitative estimate of drug-likeness (QED) is 0.625. The van der Waals surface area contributed by atoms with Crippen molar-refractivity contribution in [3.8, 4) is 0 Å². The fraction of sp³-hybridized carbons (Fsp3) is 0.889. The van der Waals surface area contributed by atoms with Gasteiger partial charge in [-0.1, -0.05) is 12.8 Å². The SMILES string of the molecule is NC(=O)CC1(N)CC2CCCC21. The van der Waals surface area contributed by atoms with Crippen molar-refractivity contribution in [3.05, 3.63) is 0 Å². The molecule has 4 N–H and O–H groups in total. The molecule has 0 aromatic rings. The monoisotopic (exact) mass is 168 g/mol. The highest BCUT2D eigenvalue weighted by molar-refractivity contribution is 5.75. The van der Waals surface area contributed by atoms with Gasteiger partial charge in [0.15, 0.2) is 0 Å². The Labute approximate surface area is 72.5 Å². The van der Waals surface area contributed by atoms with E-state index in [1.807, 2.05) is 0 Å². The molecule has 0 aliphatic heterocycles. The third kappa shape index (κ3) is 1.04. The molecule has 0 aromatic heterocycles. The molecule has 0 aromatic carbocycles. The van der Waals surface area contributed by atoms with E-state index in [2.05, 4.69) is 0 Å². The Hall–Kier alpha value is -0.570. The van der Waals surface area contributed by atoms with Gasteiger partial charge in [0.05, 0.1) is 0 Å². The smallest absolute Gasteiger partial charge is 0.219 e. The summed E-state index contributed by atoms with van der Waals surface area (Å²) >= 11 is 0. The van der Waals surface area contributed by atoms with Gasteiger partial charge >= 0.3 is 0 Å². The molecule has 0 heterocycles. The molecule has 3 heteroatoms. The van der Waals surface area contributed by atoms with Gasteiger partial charge in [-0.05, 0) is 24.7 Å². The molecular weight excluding hydrogens is 152 g/mol. The Balaban J connectivity index is 2.00. The molecule has 2 saturated carbocycles. The number of rotatable bonds is 2. The number of fused-ring (bicyclic) bond motifs is 1. The van der Waals surface area contributed by atoms with Crippen molar-refractivity contribution in [2.24, 2.45) is 23.3 Å². The number of hydrogen-bond acceptors (Lipinski definition) is 2. The minimum atomic E-state index is -0.247. The van der Waals surface area contributed by atoms with Crippen LogP contribution in [0.25, 0.3) is 0 Å². The van der Waals surface area contributed by atoms with Gasteiger partial charge in [-0.25, -0.2) is 0 Å². The first-order chi connectivity index (χ1) is 5.62. The van der Waals surface area contributed by atoms with Crippen molar-refractivity contribution in [1.29, 1.82) is 0 Å². The van der Waals surface area contributed by atoms with Crippen LogP contribution in [-0.4, -0.2) is 11.4 Å². The Morgan fingerprint density at radius 1 is 1.50 bits per heavy atom. The molecule has 1 amide bonds. The molecule has 2 aliphatic carbocycles. The lowest BCUT2D eigenvalue weighted by Crippen LogP contribution is -2.60. The van der Waals surface area contributed by atoms with Crippen molar-refractivity contribution in [3.63, 3.8) is 0 Å². The molecule has 0 radical (unpaired) electrons. The van der Waals surface area contributed by atoms with Crippen molar-refractivity contribution < 1.29 is 4.79 Å². The zero-order valence-corrected chi connectivity index (χ0v) is 7.25. The van der Waals surface area contributed by atoms with E-state index in [-0.39, 0.29) is 11.4 Å². The first kappa shape index (κ1) is 8.05. The van der Waals surface area contributed by atoms with E-state index in [4.69, 9.17) is 11.5 Å². The molecule has 0 saturated heterocycles. The first-order valence-corrected chi connectivity index (χ1v) is 4.69. The van der Waals surface area contributed by atoms with E-state index >= 15 is 0 Å². The van der Waals surface area contributed by atoms with E-state index in [1.54, 1.807) is 0 Å². The van der Waals surface area contributed by atoms with E-state index in [0.717, 1.165) is 12.3 Å². The number of carbonyl (C=O) groups is 1. The Morgan fingerprint density at radius 2 is 2.25 bits per heavy atom. The van der Waals surface area contributed by atoms with Gasteiger partial charge in [-0.2, -0.15) is 0 Å². The maximum atomic E-state index is 10.7. The summed E-state index contributed by atoms with van der Waals surface area (Å²) in [7, 11) is 0. The van der Waals surface area contributed by atoms with Crippen LogP contribution in [0.2, 0.25) is 0 Å². The molecule has 12 heavy (non-hydrogen) atoms. The van der Waals surface area contributed by atoms with Gasteiger partial charge in [0.1, 0.15) is 0 Å². The summed E-state index contributed by atoms with van der Waals surface area (Å²) < 4.78 is 0. The first-order valence-electron chi connectivity index (χ1n) is 4.69. The molecule has 0 spiro atoms. The maximum absolute atomic E-state index is 10.7. The van der Waals surface area contributed by atoms with Gasteiger partial charge < -0.3 is 11.5 Å². The Bertz CT molecular complexity index is 217. The fourth-order valence-corrected chi connectivity index (χ4v) is 3.04. The van der Waals surface area contributed by atoms with Crippen LogP contribution in [0.1, 0.15) is 32.1 Å². The molecule has 0 bridgehead atoms. The molecule has 2 fully saturated rings. The van der Waals surface area contributed by atoms with Gasteiger partial charge in [-0.15, -0.1) is 0 Å². The highest BCUT2D eigenvalue weighted by Crippen LogP contribution is 2.53. The zero-order chi connectivity index (χ0) is 8.77. The minimum absolute atomic E-state index is 0.229. The number of amides is 1. The minimum Gasteiger partial charge on any atom is -0.370 e. The van der Waals surface area contributed by atoms with E-state index in [1.165, 1.54) is 19.3 Å². The van der Waals surface area contributed by atoms with Crippen LogP contribution >= 0.6 is 0 Å². The van der Waals surface area contributed by atoms with Crippen LogP contribution < -0.4 is 11.5 Å². The molecule has 3 unspecified atom stereocenters. The fourth-order valence-electron chi connectivity index (χ4n) is 3.04. The molecule has 68 valence electrons. The third-order valence-corrected chi connectivity index (χ3v) is 3.54. The Morgan fingerprint density at radius 3 is 2.83 bits per heavy atom. The van der Waals surface area contributed by atoms with Gasteiger partial charge in [0.25, 0.3) is 0 Å². The van der Waals surface area contributed by atoms with Crippen molar-refractivity contribution in [2.45, 2.75) is 37.6 Å². The highest BCUT2D eigenvalue weighted by Gasteiger charge is 2.53. The van der Waals surface area contributed by atoms with Crippen molar-refractivity contribution >= 4 is 5.91 Å². The summed E-state index contributed by atoms with van der Waals surface area (Å²) in [6.07, 6.45) is 5.19. The largest absolute Gasteiger partial charge is 0.370 e. The number of hydrogen-bond donors (Lipinski definition) is 2. The second kappa shape index (κ2) is 2.46. The highest BCUT2D eigenvalue weighted by atomic mass is 16.1.